The number of nitrogens with zero attached hydrogens (tertiary/aromatic N) is 5. The van der Waals surface area contributed by atoms with Crippen molar-refractivity contribution in [1.29, 1.82) is 0 Å². The first-order valence-corrected chi connectivity index (χ1v) is 9.63. The number of carbonyl (C=O) groups is 2. The Kier molecular flexibility index (Phi) is 5.11. The van der Waals surface area contributed by atoms with Gasteiger partial charge in [-0.25, -0.2) is 4.79 Å². The predicted octanol–water partition coefficient (Wildman–Crippen LogP) is 2.01. The normalized spacial score (nSPS) is 14.9. The van der Waals surface area contributed by atoms with Crippen LogP contribution in [0.1, 0.15) is 12.7 Å². The summed E-state index contributed by atoms with van der Waals surface area (Å²) in [5.41, 5.74) is 0.811. The Morgan fingerprint density at radius 1 is 1.36 bits per heavy atom. The maximum atomic E-state index is 12.6. The van der Waals surface area contributed by atoms with E-state index < -0.39 is 5.25 Å². The van der Waals surface area contributed by atoms with Crippen molar-refractivity contribution in [1.82, 2.24) is 30.0 Å². The van der Waals surface area contributed by atoms with Crippen molar-refractivity contribution in [2.75, 3.05) is 13.1 Å². The summed E-state index contributed by atoms with van der Waals surface area (Å²) < 4.78 is 7.35. The van der Waals surface area contributed by atoms with Gasteiger partial charge in [-0.2, -0.15) is 0 Å². The third-order valence-corrected chi connectivity index (χ3v) is 5.35. The second-order valence-electron chi connectivity index (χ2n) is 6.20. The zero-order chi connectivity index (χ0) is 19.5. The molecule has 1 N–H and O–H groups in total. The lowest BCUT2D eigenvalue weighted by molar-refractivity contribution is -0.126. The molecule has 3 aromatic rings. The minimum absolute atomic E-state index is 0.254. The highest BCUT2D eigenvalue weighted by atomic mass is 32.2. The van der Waals surface area contributed by atoms with Gasteiger partial charge < -0.3 is 9.73 Å². The minimum atomic E-state index is -0.495. The van der Waals surface area contributed by atoms with Gasteiger partial charge in [-0.05, 0) is 31.2 Å². The van der Waals surface area contributed by atoms with E-state index in [4.69, 9.17) is 4.42 Å². The lowest BCUT2D eigenvalue weighted by Crippen LogP contribution is -2.39. The van der Waals surface area contributed by atoms with Gasteiger partial charge in [0.25, 0.3) is 0 Å². The SMILES string of the molecule is CC(Sc1nnc(-c2cccnc2)n1Cc1ccco1)C(=O)N1CCNC1=O. The topological polar surface area (TPSA) is 106 Å². The number of amides is 3. The van der Waals surface area contributed by atoms with E-state index in [1.807, 2.05) is 28.8 Å². The van der Waals surface area contributed by atoms with Crippen molar-refractivity contribution in [3.63, 3.8) is 0 Å². The highest BCUT2D eigenvalue weighted by Gasteiger charge is 2.31. The summed E-state index contributed by atoms with van der Waals surface area (Å²) in [6, 6.07) is 7.05. The lowest BCUT2D eigenvalue weighted by atomic mass is 10.2. The predicted molar refractivity (Wildman–Crippen MR) is 101 cm³/mol. The summed E-state index contributed by atoms with van der Waals surface area (Å²) in [7, 11) is 0. The van der Waals surface area contributed by atoms with Gasteiger partial charge in [0.15, 0.2) is 11.0 Å². The van der Waals surface area contributed by atoms with Crippen molar-refractivity contribution in [3.8, 4) is 11.4 Å². The molecule has 3 aromatic heterocycles. The Labute approximate surface area is 165 Å². The maximum absolute atomic E-state index is 12.6. The number of hydrogen-bond acceptors (Lipinski definition) is 7. The first kappa shape index (κ1) is 18.2. The van der Waals surface area contributed by atoms with Gasteiger partial charge in [0.2, 0.25) is 5.91 Å². The molecule has 4 rings (SSSR count). The van der Waals surface area contributed by atoms with Crippen LogP contribution in [0.5, 0.6) is 0 Å². The zero-order valence-corrected chi connectivity index (χ0v) is 15.9. The number of aromatic nitrogens is 4. The largest absolute Gasteiger partial charge is 0.467 e. The van der Waals surface area contributed by atoms with Crippen molar-refractivity contribution in [3.05, 3.63) is 48.7 Å². The standard InChI is InChI=1S/C18H18N6O3S/c1-12(16(25)23-8-7-20-17(23)26)28-18-22-21-15(13-4-2-6-19-10-13)24(18)11-14-5-3-9-27-14/h2-6,9-10,12H,7-8,11H2,1H3,(H,20,26). The summed E-state index contributed by atoms with van der Waals surface area (Å²) in [6.45, 7) is 3.02. The van der Waals surface area contributed by atoms with E-state index in [9.17, 15) is 9.59 Å². The summed E-state index contributed by atoms with van der Waals surface area (Å²) in [4.78, 5) is 29.8. The van der Waals surface area contributed by atoms with Crippen LogP contribution in [-0.2, 0) is 11.3 Å². The monoisotopic (exact) mass is 398 g/mol. The molecule has 0 aromatic carbocycles. The van der Waals surface area contributed by atoms with Gasteiger partial charge in [-0.3, -0.25) is 19.2 Å². The molecule has 1 fully saturated rings. The van der Waals surface area contributed by atoms with Gasteiger partial charge in [-0.15, -0.1) is 10.2 Å². The van der Waals surface area contributed by atoms with E-state index in [2.05, 4.69) is 20.5 Å². The average Bonchev–Trinajstić information content (AvgIpc) is 3.45. The molecule has 1 saturated heterocycles. The van der Waals surface area contributed by atoms with E-state index in [0.717, 1.165) is 11.3 Å². The molecule has 1 unspecified atom stereocenters. The Bertz CT molecular complexity index is 973. The molecule has 3 amide bonds. The summed E-state index contributed by atoms with van der Waals surface area (Å²) in [5, 5.41) is 11.3. The van der Waals surface area contributed by atoms with Gasteiger partial charge in [0.1, 0.15) is 5.76 Å². The van der Waals surface area contributed by atoms with Crippen LogP contribution in [0.3, 0.4) is 0 Å². The molecule has 0 saturated carbocycles. The van der Waals surface area contributed by atoms with Crippen LogP contribution in [0, 0.1) is 0 Å². The van der Waals surface area contributed by atoms with E-state index in [0.29, 0.717) is 30.6 Å². The van der Waals surface area contributed by atoms with Crippen molar-refractivity contribution >= 4 is 23.7 Å². The summed E-state index contributed by atoms with van der Waals surface area (Å²) in [6.07, 6.45) is 5.00. The number of imide groups is 1. The molecular weight excluding hydrogens is 380 g/mol. The average molecular weight is 398 g/mol. The first-order valence-electron chi connectivity index (χ1n) is 8.75. The smallest absolute Gasteiger partial charge is 0.324 e. The number of hydrogen-bond donors (Lipinski definition) is 1. The molecule has 0 bridgehead atoms. The second kappa shape index (κ2) is 7.85. The third kappa shape index (κ3) is 3.63. The van der Waals surface area contributed by atoms with Crippen LogP contribution in [-0.4, -0.2) is 54.9 Å². The fourth-order valence-corrected chi connectivity index (χ4v) is 3.81. The van der Waals surface area contributed by atoms with Crippen molar-refractivity contribution in [2.45, 2.75) is 23.9 Å². The van der Waals surface area contributed by atoms with Gasteiger partial charge in [-0.1, -0.05) is 11.8 Å². The van der Waals surface area contributed by atoms with Gasteiger partial charge >= 0.3 is 6.03 Å². The lowest BCUT2D eigenvalue weighted by Gasteiger charge is -2.17. The molecule has 1 aliphatic heterocycles. The number of carbonyl (C=O) groups excluding carboxylic acids is 2. The molecule has 0 aliphatic carbocycles. The Morgan fingerprint density at radius 3 is 2.93 bits per heavy atom. The second-order valence-corrected chi connectivity index (χ2v) is 7.50. The summed E-state index contributed by atoms with van der Waals surface area (Å²) in [5.74, 6) is 1.12. The minimum Gasteiger partial charge on any atom is -0.467 e. The van der Waals surface area contributed by atoms with Crippen molar-refractivity contribution in [2.24, 2.45) is 0 Å². The molecule has 10 heteroatoms. The van der Waals surface area contributed by atoms with Crippen LogP contribution < -0.4 is 5.32 Å². The highest BCUT2D eigenvalue weighted by molar-refractivity contribution is 8.00. The Balaban J connectivity index is 1.62. The highest BCUT2D eigenvalue weighted by Crippen LogP contribution is 2.28. The number of pyridine rings is 1. The van der Waals surface area contributed by atoms with E-state index in [1.165, 1.54) is 16.7 Å². The fraction of sp³-hybridized carbons (Fsp3) is 0.278. The van der Waals surface area contributed by atoms with Crippen LogP contribution >= 0.6 is 11.8 Å². The zero-order valence-electron chi connectivity index (χ0n) is 15.1. The quantitative estimate of drug-likeness (QED) is 0.633. The summed E-state index contributed by atoms with van der Waals surface area (Å²) >= 11 is 1.26. The number of furan rings is 1. The molecule has 9 nitrogen and oxygen atoms in total. The fourth-order valence-electron chi connectivity index (χ4n) is 2.90. The Morgan fingerprint density at radius 2 is 2.25 bits per heavy atom. The van der Waals surface area contributed by atoms with Crippen LogP contribution in [0.4, 0.5) is 4.79 Å². The van der Waals surface area contributed by atoms with Crippen LogP contribution in [0.15, 0.2) is 52.5 Å². The van der Waals surface area contributed by atoms with Crippen LogP contribution in [0.25, 0.3) is 11.4 Å². The van der Waals surface area contributed by atoms with E-state index in [-0.39, 0.29) is 11.9 Å². The van der Waals surface area contributed by atoms with Crippen LogP contribution in [0.2, 0.25) is 0 Å². The molecule has 0 radical (unpaired) electrons. The first-order chi connectivity index (χ1) is 13.6. The van der Waals surface area contributed by atoms with Crippen molar-refractivity contribution < 1.29 is 14.0 Å². The van der Waals surface area contributed by atoms with E-state index in [1.54, 1.807) is 25.6 Å². The van der Waals surface area contributed by atoms with Gasteiger partial charge in [0, 0.05) is 31.0 Å². The van der Waals surface area contributed by atoms with E-state index >= 15 is 0 Å². The molecular formula is C18H18N6O3S. The third-order valence-electron chi connectivity index (χ3n) is 4.28. The molecule has 1 aliphatic rings. The maximum Gasteiger partial charge on any atom is 0.324 e. The number of urea groups is 1. The molecule has 28 heavy (non-hydrogen) atoms. The molecule has 4 heterocycles. The number of thioether (sulfide) groups is 1. The Hall–Kier alpha value is -3.14. The molecule has 0 spiro atoms. The number of nitrogens with one attached hydrogen (secondary N) is 1. The number of rotatable bonds is 6. The molecule has 1 atom stereocenters. The van der Waals surface area contributed by atoms with Gasteiger partial charge in [0.05, 0.1) is 18.1 Å². The molecule has 144 valence electrons.